The number of methoxy groups -OCH3 is 6. The zero-order chi connectivity index (χ0) is 39.7. The first-order chi connectivity index (χ1) is 21.7. The van der Waals surface area contributed by atoms with Crippen LogP contribution < -0.4 is 0 Å². The van der Waals surface area contributed by atoms with Gasteiger partial charge >= 0.3 is 0 Å². The number of hydrogen-bond donors (Lipinski definition) is 0. The number of nitrogens with zero attached hydrogens (tertiary/aromatic N) is 6. The Morgan fingerprint density at radius 3 is 0.388 bits per heavy atom. The first kappa shape index (κ1) is 61.6. The molecule has 0 rings (SSSR count). The largest absolute Gasteiger partial charge is 0.371 e. The van der Waals surface area contributed by atoms with Crippen LogP contribution in [0.15, 0.2) is 0 Å². The second-order valence-corrected chi connectivity index (χ2v) is 13.7. The van der Waals surface area contributed by atoms with Crippen LogP contribution in [0, 0.1) is 39.4 Å². The molecule has 0 amide bonds. The zero-order valence-corrected chi connectivity index (χ0v) is 35.6. The summed E-state index contributed by atoms with van der Waals surface area (Å²) in [5, 5.41) is 0. The van der Waals surface area contributed by atoms with Gasteiger partial charge in [0.05, 0.1) is 0 Å². The van der Waals surface area contributed by atoms with Crippen LogP contribution in [0.3, 0.4) is 0 Å². The second kappa shape index (κ2) is 33.8. The predicted octanol–water partition coefficient (Wildman–Crippen LogP) is 7.98. The van der Waals surface area contributed by atoms with Crippen LogP contribution in [0.5, 0.6) is 0 Å². The van der Waals surface area contributed by atoms with Gasteiger partial charge in [-0.25, -0.2) is 39.4 Å². The van der Waals surface area contributed by atoms with Gasteiger partial charge in [0.25, 0.3) is 0 Å². The molecule has 49 heavy (non-hydrogen) atoms. The summed E-state index contributed by atoms with van der Waals surface area (Å²) in [6, 6.07) is 0. The molecule has 0 aliphatic heterocycles. The van der Waals surface area contributed by atoms with E-state index in [2.05, 4.69) is 29.1 Å². The minimum absolute atomic E-state index is 0. The average molecular weight is 778 g/mol. The molecule has 1 radical (unpaired) electrons. The van der Waals surface area contributed by atoms with Gasteiger partial charge in [-0.2, -0.15) is 0 Å². The SMILES string of the molecule is [99Tc].[C-]#[N+]CC(C)(C)OC.[C-]#[N+]CC(C)(C)OC.[C-]#[N+]CC(C)(C)OC.[C-]#[N+]CC(C)(C)OC.[C-]#[N+]CC(C)(C)OC.[C-]#[N+]CC(C)(C)OC. The first-order valence-corrected chi connectivity index (χ1v) is 15.0. The quantitative estimate of drug-likeness (QED) is 0.187. The Bertz CT molecular complexity index is 834. The number of ether oxygens (including phenoxy) is 6. The van der Waals surface area contributed by atoms with Gasteiger partial charge in [0.15, 0.2) is 0 Å². The van der Waals surface area contributed by atoms with Crippen molar-refractivity contribution in [2.45, 2.75) is 117 Å². The molecule has 0 spiro atoms. The van der Waals surface area contributed by atoms with Gasteiger partial charge in [-0.1, -0.05) is 0 Å². The molecule has 0 aliphatic carbocycles. The minimum Gasteiger partial charge on any atom is -0.371 e. The predicted molar refractivity (Wildman–Crippen MR) is 195 cm³/mol. The van der Waals surface area contributed by atoms with Gasteiger partial charge in [-0.05, 0) is 83.1 Å². The van der Waals surface area contributed by atoms with E-state index in [1.54, 1.807) is 42.7 Å². The Kier molecular flexibility index (Phi) is 42.5. The van der Waals surface area contributed by atoms with Crippen molar-refractivity contribution in [3.8, 4) is 0 Å². The summed E-state index contributed by atoms with van der Waals surface area (Å²) in [7, 11) is 9.70. The number of hydrogen-bond acceptors (Lipinski definition) is 6. The summed E-state index contributed by atoms with van der Waals surface area (Å²) in [5.74, 6) is 0. The summed E-state index contributed by atoms with van der Waals surface area (Å²) < 4.78 is 29.8. The Morgan fingerprint density at radius 2 is 0.367 bits per heavy atom. The van der Waals surface area contributed by atoms with Gasteiger partial charge in [0.2, 0.25) is 39.3 Å². The van der Waals surface area contributed by atoms with Crippen LogP contribution in [0.2, 0.25) is 0 Å². The van der Waals surface area contributed by atoms with E-state index < -0.39 is 0 Å². The zero-order valence-electron chi connectivity index (χ0n) is 33.8. The molecular formula is C36H66N6O6Tc. The van der Waals surface area contributed by atoms with Gasteiger partial charge in [0, 0.05) is 62.8 Å². The Balaban J connectivity index is -0.0000000860. The van der Waals surface area contributed by atoms with Crippen molar-refractivity contribution in [3.63, 3.8) is 0 Å². The molecule has 283 valence electrons. The summed E-state index contributed by atoms with van der Waals surface area (Å²) in [4.78, 5) is 19.2. The monoisotopic (exact) mass is 777 g/mol. The van der Waals surface area contributed by atoms with Crippen LogP contribution in [-0.2, 0) is 48.5 Å². The van der Waals surface area contributed by atoms with E-state index in [4.69, 9.17) is 67.9 Å². The molecule has 12 nitrogen and oxygen atoms in total. The standard InChI is InChI=1S/6C6H11NO.Tc/c6*1-6(2,8-4)5-7-3;/h6*5H2,1-2,4H3;/i;;;;;;1+1. The van der Waals surface area contributed by atoms with Crippen molar-refractivity contribution in [3.05, 3.63) is 68.5 Å². The maximum Gasteiger partial charge on any atom is 0.242 e. The molecule has 0 fully saturated rings. The molecule has 0 saturated heterocycles. The Labute approximate surface area is 314 Å². The normalized spacial score (nSPS) is 10.5. The third kappa shape index (κ3) is 55.0. The van der Waals surface area contributed by atoms with E-state index >= 15 is 0 Å². The molecule has 0 aromatic carbocycles. The fraction of sp³-hybridized carbons (Fsp3) is 0.833. The topological polar surface area (TPSA) is 81.5 Å². The molecule has 13 heteroatoms. The van der Waals surface area contributed by atoms with E-state index in [1.807, 2.05) is 83.1 Å². The van der Waals surface area contributed by atoms with Crippen LogP contribution in [0.4, 0.5) is 0 Å². The second-order valence-electron chi connectivity index (χ2n) is 13.7. The van der Waals surface area contributed by atoms with Crippen molar-refractivity contribution in [1.29, 1.82) is 0 Å². The third-order valence-electron chi connectivity index (χ3n) is 6.07. The smallest absolute Gasteiger partial charge is 0.242 e. The Hall–Kier alpha value is -2.65. The maximum atomic E-state index is 6.51. The molecule has 0 aromatic heterocycles. The molecule has 0 aliphatic rings. The van der Waals surface area contributed by atoms with E-state index in [9.17, 15) is 0 Å². The van der Waals surface area contributed by atoms with Crippen molar-refractivity contribution in [2.24, 2.45) is 0 Å². The van der Waals surface area contributed by atoms with Crippen molar-refractivity contribution < 1.29 is 48.5 Å². The maximum absolute atomic E-state index is 6.51. The summed E-state index contributed by atoms with van der Waals surface area (Å²) >= 11 is 0. The minimum atomic E-state index is -0.262. The molecule has 0 unspecified atom stereocenters. The average Bonchev–Trinajstić information content (AvgIpc) is 2.99. The fourth-order valence-electron chi connectivity index (χ4n) is 1.53. The molecule has 0 atom stereocenters. The van der Waals surface area contributed by atoms with Crippen molar-refractivity contribution in [1.82, 2.24) is 0 Å². The molecule has 0 bridgehead atoms. The summed E-state index contributed by atoms with van der Waals surface area (Å²) in [5.41, 5.74) is -1.57. The van der Waals surface area contributed by atoms with Crippen LogP contribution in [0.1, 0.15) is 83.1 Å². The van der Waals surface area contributed by atoms with E-state index in [1.165, 1.54) is 0 Å². The van der Waals surface area contributed by atoms with E-state index in [-0.39, 0.29) is 53.7 Å². The summed E-state index contributed by atoms with van der Waals surface area (Å²) in [6.07, 6.45) is 0. The van der Waals surface area contributed by atoms with E-state index in [0.29, 0.717) is 39.3 Å². The van der Waals surface area contributed by atoms with Crippen molar-refractivity contribution in [2.75, 3.05) is 81.9 Å². The summed E-state index contributed by atoms with van der Waals surface area (Å²) in [6.45, 7) is 64.4. The molecule has 0 aromatic rings. The van der Waals surface area contributed by atoms with E-state index in [0.717, 1.165) is 0 Å². The van der Waals surface area contributed by atoms with Crippen LogP contribution in [-0.4, -0.2) is 116 Å². The van der Waals surface area contributed by atoms with Gasteiger partial charge in [-0.15, -0.1) is 0 Å². The van der Waals surface area contributed by atoms with Gasteiger partial charge in [0.1, 0.15) is 33.6 Å². The number of rotatable bonds is 12. The Morgan fingerprint density at radius 1 is 0.286 bits per heavy atom. The molecule has 0 saturated carbocycles. The van der Waals surface area contributed by atoms with Crippen LogP contribution >= 0.6 is 0 Å². The van der Waals surface area contributed by atoms with Gasteiger partial charge in [-0.3, -0.25) is 0 Å². The first-order valence-electron chi connectivity index (χ1n) is 15.0. The van der Waals surface area contributed by atoms with Gasteiger partial charge < -0.3 is 57.5 Å². The van der Waals surface area contributed by atoms with Crippen LogP contribution in [0.25, 0.3) is 29.1 Å². The molecular weight excluding hydrogens is 711 g/mol. The molecule has 0 heterocycles. The van der Waals surface area contributed by atoms with Crippen molar-refractivity contribution >= 4 is 0 Å². The molecule has 0 N–H and O–H groups in total. The fourth-order valence-corrected chi connectivity index (χ4v) is 1.53. The third-order valence-corrected chi connectivity index (χ3v) is 6.07.